The average molecular weight is 402 g/mol. The van der Waals surface area contributed by atoms with Crippen LogP contribution in [-0.2, 0) is 22.6 Å². The standard InChI is InChI=1S/C24H26N4O2/c1-2-7-17-10-6-11-19(12-17)21-14-22(26-24(30)20-13-23(29)25-15-20)27-28(21)16-18-8-4-3-5-9-18/h3-6,8-12,14,20H,2,7,13,15-16H2,1H3,(H,25,29)(H,26,27,30). The second-order valence-electron chi connectivity index (χ2n) is 7.70. The fourth-order valence-corrected chi connectivity index (χ4v) is 3.78. The number of nitrogens with one attached hydrogen (secondary N) is 2. The number of anilines is 1. The molecule has 4 rings (SSSR count). The molecule has 2 amide bonds. The maximum atomic E-state index is 12.6. The summed E-state index contributed by atoms with van der Waals surface area (Å²) in [4.78, 5) is 24.0. The predicted molar refractivity (Wildman–Crippen MR) is 117 cm³/mol. The maximum Gasteiger partial charge on any atom is 0.230 e. The lowest BCUT2D eigenvalue weighted by atomic mass is 10.0. The molecule has 1 saturated heterocycles. The topological polar surface area (TPSA) is 76.0 Å². The molecule has 6 heteroatoms. The summed E-state index contributed by atoms with van der Waals surface area (Å²) in [5.41, 5.74) is 4.44. The van der Waals surface area contributed by atoms with E-state index in [0.717, 1.165) is 29.7 Å². The summed E-state index contributed by atoms with van der Waals surface area (Å²) in [7, 11) is 0. The number of nitrogens with zero attached hydrogens (tertiary/aromatic N) is 2. The number of carbonyl (C=O) groups is 2. The van der Waals surface area contributed by atoms with Gasteiger partial charge in [-0.25, -0.2) is 0 Å². The molecule has 30 heavy (non-hydrogen) atoms. The van der Waals surface area contributed by atoms with E-state index in [-0.39, 0.29) is 24.2 Å². The van der Waals surface area contributed by atoms with E-state index in [4.69, 9.17) is 0 Å². The molecule has 0 bridgehead atoms. The van der Waals surface area contributed by atoms with E-state index < -0.39 is 0 Å². The molecule has 0 spiro atoms. The summed E-state index contributed by atoms with van der Waals surface area (Å²) in [6, 6.07) is 20.5. The zero-order valence-corrected chi connectivity index (χ0v) is 17.1. The first-order chi connectivity index (χ1) is 14.6. The summed E-state index contributed by atoms with van der Waals surface area (Å²) < 4.78 is 1.92. The normalized spacial score (nSPS) is 15.8. The van der Waals surface area contributed by atoms with E-state index in [2.05, 4.69) is 59.1 Å². The first-order valence-corrected chi connectivity index (χ1v) is 10.4. The highest BCUT2D eigenvalue weighted by molar-refractivity contribution is 5.96. The maximum absolute atomic E-state index is 12.6. The lowest BCUT2D eigenvalue weighted by molar-refractivity contribution is -0.123. The van der Waals surface area contributed by atoms with Gasteiger partial charge in [-0.05, 0) is 23.6 Å². The highest BCUT2D eigenvalue weighted by Gasteiger charge is 2.28. The van der Waals surface area contributed by atoms with Gasteiger partial charge in [-0.3, -0.25) is 14.3 Å². The number of benzene rings is 2. The molecule has 1 aliphatic heterocycles. The Bertz CT molecular complexity index is 1040. The number of aryl methyl sites for hydroxylation is 1. The monoisotopic (exact) mass is 402 g/mol. The largest absolute Gasteiger partial charge is 0.355 e. The van der Waals surface area contributed by atoms with Crippen LogP contribution in [0.15, 0.2) is 60.7 Å². The Labute approximate surface area is 176 Å². The van der Waals surface area contributed by atoms with Crippen LogP contribution < -0.4 is 10.6 Å². The van der Waals surface area contributed by atoms with Gasteiger partial charge in [0.1, 0.15) is 0 Å². The number of hydrogen-bond acceptors (Lipinski definition) is 3. The number of carbonyl (C=O) groups excluding carboxylic acids is 2. The molecule has 3 aromatic rings. The second kappa shape index (κ2) is 8.95. The van der Waals surface area contributed by atoms with Crippen LogP contribution in [0.1, 0.15) is 30.9 Å². The quantitative estimate of drug-likeness (QED) is 0.634. The van der Waals surface area contributed by atoms with Gasteiger partial charge in [0.05, 0.1) is 18.2 Å². The van der Waals surface area contributed by atoms with E-state index in [1.807, 2.05) is 28.9 Å². The molecule has 0 radical (unpaired) electrons. The van der Waals surface area contributed by atoms with Gasteiger partial charge in [0.2, 0.25) is 11.8 Å². The number of amides is 2. The minimum absolute atomic E-state index is 0.0850. The fraction of sp³-hybridized carbons (Fsp3) is 0.292. The van der Waals surface area contributed by atoms with Crippen molar-refractivity contribution in [2.75, 3.05) is 11.9 Å². The minimum atomic E-state index is -0.354. The van der Waals surface area contributed by atoms with Crippen molar-refractivity contribution >= 4 is 17.6 Å². The molecule has 1 atom stereocenters. The Hall–Kier alpha value is -3.41. The molecule has 6 nitrogen and oxygen atoms in total. The molecule has 1 fully saturated rings. The summed E-state index contributed by atoms with van der Waals surface area (Å²) in [6.07, 6.45) is 2.33. The first-order valence-electron chi connectivity index (χ1n) is 10.4. The molecular weight excluding hydrogens is 376 g/mol. The predicted octanol–water partition coefficient (Wildman–Crippen LogP) is 3.63. The zero-order valence-electron chi connectivity index (χ0n) is 17.1. The molecule has 1 aromatic heterocycles. The van der Waals surface area contributed by atoms with Crippen molar-refractivity contribution in [2.24, 2.45) is 5.92 Å². The van der Waals surface area contributed by atoms with Crippen LogP contribution >= 0.6 is 0 Å². The summed E-state index contributed by atoms with van der Waals surface area (Å²) in [5.74, 6) is -0.110. The van der Waals surface area contributed by atoms with Crippen molar-refractivity contribution in [3.63, 3.8) is 0 Å². The third-order valence-corrected chi connectivity index (χ3v) is 5.32. The second-order valence-corrected chi connectivity index (χ2v) is 7.70. The van der Waals surface area contributed by atoms with Gasteiger partial charge >= 0.3 is 0 Å². The lowest BCUT2D eigenvalue weighted by Gasteiger charge is -2.09. The van der Waals surface area contributed by atoms with Crippen molar-refractivity contribution < 1.29 is 9.59 Å². The van der Waals surface area contributed by atoms with Crippen LogP contribution in [0.4, 0.5) is 5.82 Å². The molecule has 2 N–H and O–H groups in total. The van der Waals surface area contributed by atoms with Crippen LogP contribution in [0.2, 0.25) is 0 Å². The number of aromatic nitrogens is 2. The van der Waals surface area contributed by atoms with Crippen LogP contribution in [0, 0.1) is 5.92 Å². The lowest BCUT2D eigenvalue weighted by Crippen LogP contribution is -2.25. The molecule has 0 aliphatic carbocycles. The Balaban J connectivity index is 1.64. The molecule has 2 heterocycles. The number of hydrogen-bond donors (Lipinski definition) is 2. The molecule has 1 unspecified atom stereocenters. The summed E-state index contributed by atoms with van der Waals surface area (Å²) >= 11 is 0. The Kier molecular flexibility index (Phi) is 5.93. The van der Waals surface area contributed by atoms with Crippen molar-refractivity contribution in [1.29, 1.82) is 0 Å². The van der Waals surface area contributed by atoms with Gasteiger partial charge in [-0.2, -0.15) is 5.10 Å². The van der Waals surface area contributed by atoms with Crippen molar-refractivity contribution in [3.8, 4) is 11.3 Å². The van der Waals surface area contributed by atoms with E-state index >= 15 is 0 Å². The van der Waals surface area contributed by atoms with Gasteiger partial charge in [0.25, 0.3) is 0 Å². The van der Waals surface area contributed by atoms with Crippen LogP contribution in [0.25, 0.3) is 11.3 Å². The van der Waals surface area contributed by atoms with Crippen molar-refractivity contribution in [1.82, 2.24) is 15.1 Å². The van der Waals surface area contributed by atoms with Gasteiger partial charge in [0, 0.05) is 24.6 Å². The van der Waals surface area contributed by atoms with Crippen LogP contribution in [0.5, 0.6) is 0 Å². The molecule has 1 aliphatic rings. The third-order valence-electron chi connectivity index (χ3n) is 5.32. The fourth-order valence-electron chi connectivity index (χ4n) is 3.78. The zero-order chi connectivity index (χ0) is 20.9. The number of rotatable bonds is 7. The van der Waals surface area contributed by atoms with Gasteiger partial charge in [-0.1, -0.05) is 61.9 Å². The van der Waals surface area contributed by atoms with Gasteiger partial charge in [-0.15, -0.1) is 0 Å². The molecule has 2 aromatic carbocycles. The van der Waals surface area contributed by atoms with Gasteiger partial charge < -0.3 is 10.6 Å². The average Bonchev–Trinajstić information content (AvgIpc) is 3.35. The van der Waals surface area contributed by atoms with Crippen molar-refractivity contribution in [3.05, 3.63) is 71.8 Å². The Morgan fingerprint density at radius 2 is 1.93 bits per heavy atom. The molecular formula is C24H26N4O2. The third kappa shape index (κ3) is 4.59. The molecule has 154 valence electrons. The van der Waals surface area contributed by atoms with E-state index in [0.29, 0.717) is 18.9 Å². The van der Waals surface area contributed by atoms with Crippen LogP contribution in [-0.4, -0.2) is 28.1 Å². The first kappa shape index (κ1) is 19.9. The molecule has 0 saturated carbocycles. The van der Waals surface area contributed by atoms with Gasteiger partial charge in [0.15, 0.2) is 5.82 Å². The summed E-state index contributed by atoms with van der Waals surface area (Å²) in [5, 5.41) is 10.3. The smallest absolute Gasteiger partial charge is 0.230 e. The highest BCUT2D eigenvalue weighted by Crippen LogP contribution is 2.26. The highest BCUT2D eigenvalue weighted by atomic mass is 16.2. The Morgan fingerprint density at radius 3 is 2.67 bits per heavy atom. The summed E-state index contributed by atoms with van der Waals surface area (Å²) in [6.45, 7) is 3.15. The SMILES string of the molecule is CCCc1cccc(-c2cc(NC(=O)C3CNC(=O)C3)nn2Cc2ccccc2)c1. The van der Waals surface area contributed by atoms with E-state index in [9.17, 15) is 9.59 Å². The minimum Gasteiger partial charge on any atom is -0.355 e. The van der Waals surface area contributed by atoms with Crippen LogP contribution in [0.3, 0.4) is 0 Å². The van der Waals surface area contributed by atoms with E-state index in [1.165, 1.54) is 5.56 Å². The van der Waals surface area contributed by atoms with Crippen molar-refractivity contribution in [2.45, 2.75) is 32.7 Å². The van der Waals surface area contributed by atoms with E-state index in [1.54, 1.807) is 0 Å². The Morgan fingerprint density at radius 1 is 1.13 bits per heavy atom.